The Morgan fingerprint density at radius 3 is 2.90 bits per heavy atom. The number of rotatable bonds is 4. The van der Waals surface area contributed by atoms with E-state index in [-0.39, 0.29) is 17.5 Å². The first-order valence-corrected chi connectivity index (χ1v) is 11.1. The number of nitrogens with one attached hydrogen (secondary N) is 1. The molecule has 7 nitrogen and oxygen atoms in total. The molecular weight excluding hydrogens is 398 g/mol. The SMILES string of the molecule is O=C(c1ccncc1)N1CCc2c(nc([C@@H]3CCCN3Cc3cccs3)[nH]c2=O)C1. The zero-order valence-corrected chi connectivity index (χ0v) is 17.4. The van der Waals surface area contributed by atoms with E-state index in [4.69, 9.17) is 4.98 Å². The number of carbonyl (C=O) groups excluding carboxylic acids is 1. The molecule has 3 aromatic rings. The van der Waals surface area contributed by atoms with E-state index in [0.29, 0.717) is 30.6 Å². The van der Waals surface area contributed by atoms with Gasteiger partial charge in [0.1, 0.15) is 5.82 Å². The molecule has 0 saturated carbocycles. The fourth-order valence-corrected chi connectivity index (χ4v) is 5.12. The van der Waals surface area contributed by atoms with Gasteiger partial charge in [0.15, 0.2) is 0 Å². The minimum atomic E-state index is -0.0611. The second-order valence-corrected chi connectivity index (χ2v) is 8.83. The van der Waals surface area contributed by atoms with Gasteiger partial charge in [-0.2, -0.15) is 0 Å². The number of likely N-dealkylation sites (tertiary alicyclic amines) is 1. The van der Waals surface area contributed by atoms with Gasteiger partial charge in [0.05, 0.1) is 18.3 Å². The molecule has 8 heteroatoms. The number of pyridine rings is 1. The lowest BCUT2D eigenvalue weighted by molar-refractivity contribution is 0.0730. The number of aromatic amines is 1. The molecule has 1 saturated heterocycles. The molecule has 0 spiro atoms. The molecule has 0 bridgehead atoms. The van der Waals surface area contributed by atoms with Crippen molar-refractivity contribution in [2.45, 2.75) is 38.4 Å². The van der Waals surface area contributed by atoms with E-state index in [2.05, 4.69) is 32.4 Å². The first-order chi connectivity index (χ1) is 14.7. The zero-order chi connectivity index (χ0) is 20.5. The molecule has 3 aromatic heterocycles. The monoisotopic (exact) mass is 421 g/mol. The first-order valence-electron chi connectivity index (χ1n) is 10.3. The summed E-state index contributed by atoms with van der Waals surface area (Å²) >= 11 is 1.75. The van der Waals surface area contributed by atoms with Gasteiger partial charge in [-0.15, -0.1) is 11.3 Å². The Bertz CT molecular complexity index is 1100. The van der Waals surface area contributed by atoms with E-state index in [9.17, 15) is 9.59 Å². The van der Waals surface area contributed by atoms with Crippen molar-refractivity contribution >= 4 is 17.2 Å². The van der Waals surface area contributed by atoms with Gasteiger partial charge < -0.3 is 9.88 Å². The summed E-state index contributed by atoms with van der Waals surface area (Å²) in [6.45, 7) is 2.75. The number of nitrogens with zero attached hydrogens (tertiary/aromatic N) is 4. The molecule has 5 heterocycles. The van der Waals surface area contributed by atoms with Crippen molar-refractivity contribution in [3.05, 3.63) is 79.9 Å². The molecule has 0 radical (unpaired) electrons. The summed E-state index contributed by atoms with van der Waals surface area (Å²) in [6, 6.07) is 7.76. The summed E-state index contributed by atoms with van der Waals surface area (Å²) in [5.41, 5.74) is 1.98. The quantitative estimate of drug-likeness (QED) is 0.701. The van der Waals surface area contributed by atoms with Crippen molar-refractivity contribution in [3.63, 3.8) is 0 Å². The molecule has 1 atom stereocenters. The average molecular weight is 422 g/mol. The van der Waals surface area contributed by atoms with E-state index >= 15 is 0 Å². The molecule has 0 aliphatic carbocycles. The Kier molecular flexibility index (Phi) is 5.18. The van der Waals surface area contributed by atoms with E-state index in [1.165, 1.54) is 4.88 Å². The lowest BCUT2D eigenvalue weighted by atomic mass is 10.0. The van der Waals surface area contributed by atoms with Crippen LogP contribution in [0, 0.1) is 0 Å². The highest BCUT2D eigenvalue weighted by atomic mass is 32.1. The fraction of sp³-hybridized carbons (Fsp3) is 0.364. The average Bonchev–Trinajstić information content (AvgIpc) is 3.46. The molecule has 1 fully saturated rings. The van der Waals surface area contributed by atoms with Crippen LogP contribution in [0.1, 0.15) is 51.2 Å². The normalized spacial score (nSPS) is 19.1. The minimum absolute atomic E-state index is 0.0492. The van der Waals surface area contributed by atoms with E-state index in [1.54, 1.807) is 40.8 Å². The number of aromatic nitrogens is 3. The lowest BCUT2D eigenvalue weighted by Gasteiger charge is -2.29. The lowest BCUT2D eigenvalue weighted by Crippen LogP contribution is -2.40. The molecule has 0 aromatic carbocycles. The molecular formula is C22H23N5O2S. The highest BCUT2D eigenvalue weighted by Crippen LogP contribution is 2.32. The third kappa shape index (κ3) is 3.68. The van der Waals surface area contributed by atoms with Gasteiger partial charge in [-0.3, -0.25) is 19.5 Å². The van der Waals surface area contributed by atoms with E-state index < -0.39 is 0 Å². The minimum Gasteiger partial charge on any atom is -0.332 e. The van der Waals surface area contributed by atoms with E-state index in [1.807, 2.05) is 0 Å². The van der Waals surface area contributed by atoms with Gasteiger partial charge in [0, 0.05) is 41.5 Å². The zero-order valence-electron chi connectivity index (χ0n) is 16.6. The molecule has 1 N–H and O–H groups in total. The van der Waals surface area contributed by atoms with Gasteiger partial charge in [-0.05, 0) is 49.4 Å². The van der Waals surface area contributed by atoms with E-state index in [0.717, 1.165) is 37.4 Å². The number of hydrogen-bond donors (Lipinski definition) is 1. The second-order valence-electron chi connectivity index (χ2n) is 7.80. The van der Waals surface area contributed by atoms with Crippen molar-refractivity contribution in [3.8, 4) is 0 Å². The summed E-state index contributed by atoms with van der Waals surface area (Å²) < 4.78 is 0. The van der Waals surface area contributed by atoms with Crippen LogP contribution in [0.3, 0.4) is 0 Å². The maximum absolute atomic E-state index is 12.8. The van der Waals surface area contributed by atoms with Crippen LogP contribution in [0.4, 0.5) is 0 Å². The van der Waals surface area contributed by atoms with Crippen molar-refractivity contribution in [2.75, 3.05) is 13.1 Å². The Balaban J connectivity index is 1.40. The molecule has 5 rings (SSSR count). The van der Waals surface area contributed by atoms with Crippen LogP contribution < -0.4 is 5.56 Å². The maximum atomic E-state index is 12.8. The number of carbonyl (C=O) groups is 1. The maximum Gasteiger partial charge on any atom is 0.254 e. The van der Waals surface area contributed by atoms with Crippen molar-refractivity contribution in [2.24, 2.45) is 0 Å². The molecule has 0 unspecified atom stereocenters. The van der Waals surface area contributed by atoms with Gasteiger partial charge in [-0.1, -0.05) is 6.07 Å². The van der Waals surface area contributed by atoms with Gasteiger partial charge in [0.2, 0.25) is 0 Å². The Hall–Kier alpha value is -2.84. The Morgan fingerprint density at radius 1 is 1.23 bits per heavy atom. The fourth-order valence-electron chi connectivity index (χ4n) is 4.39. The Labute approximate surface area is 178 Å². The number of hydrogen-bond acceptors (Lipinski definition) is 6. The van der Waals surface area contributed by atoms with Gasteiger partial charge in [0.25, 0.3) is 11.5 Å². The molecule has 30 heavy (non-hydrogen) atoms. The van der Waals surface area contributed by atoms with Crippen LogP contribution in [0.15, 0.2) is 46.8 Å². The van der Waals surface area contributed by atoms with Crippen LogP contribution in [0.2, 0.25) is 0 Å². The first kappa shape index (κ1) is 19.1. The molecule has 2 aliphatic heterocycles. The van der Waals surface area contributed by atoms with Crippen molar-refractivity contribution in [1.82, 2.24) is 24.8 Å². The van der Waals surface area contributed by atoms with Crippen LogP contribution in [-0.2, 0) is 19.5 Å². The van der Waals surface area contributed by atoms with Crippen molar-refractivity contribution in [1.29, 1.82) is 0 Å². The molecule has 154 valence electrons. The molecule has 2 aliphatic rings. The van der Waals surface area contributed by atoms with Crippen LogP contribution >= 0.6 is 11.3 Å². The van der Waals surface area contributed by atoms with Crippen LogP contribution in [0.25, 0.3) is 0 Å². The topological polar surface area (TPSA) is 82.2 Å². The van der Waals surface area contributed by atoms with Gasteiger partial charge in [-0.25, -0.2) is 4.98 Å². The summed E-state index contributed by atoms with van der Waals surface area (Å²) in [5.74, 6) is 0.679. The standard InChI is InChI=1S/C22H23N5O2S/c28-21-17-7-11-27(22(29)15-5-8-23-9-6-15)14-18(17)24-20(25-21)19-4-1-10-26(19)13-16-3-2-12-30-16/h2-3,5-6,8-9,12,19H,1,4,7,10-11,13-14H2,(H,24,25,28)/t19-/m0/s1. The third-order valence-electron chi connectivity index (χ3n) is 5.92. The largest absolute Gasteiger partial charge is 0.332 e. The predicted molar refractivity (Wildman–Crippen MR) is 114 cm³/mol. The predicted octanol–water partition coefficient (Wildman–Crippen LogP) is 2.76. The summed E-state index contributed by atoms with van der Waals surface area (Å²) in [7, 11) is 0. The number of H-pyrrole nitrogens is 1. The number of amides is 1. The van der Waals surface area contributed by atoms with Crippen LogP contribution in [-0.4, -0.2) is 43.7 Å². The Morgan fingerprint density at radius 2 is 2.10 bits per heavy atom. The highest BCUT2D eigenvalue weighted by molar-refractivity contribution is 7.09. The van der Waals surface area contributed by atoms with Gasteiger partial charge >= 0.3 is 0 Å². The third-order valence-corrected chi connectivity index (χ3v) is 6.79. The summed E-state index contributed by atoms with van der Waals surface area (Å²) in [6.07, 6.45) is 5.83. The highest BCUT2D eigenvalue weighted by Gasteiger charge is 2.31. The summed E-state index contributed by atoms with van der Waals surface area (Å²) in [5, 5.41) is 2.09. The summed E-state index contributed by atoms with van der Waals surface area (Å²) in [4.78, 5) is 43.0. The molecule has 1 amide bonds. The van der Waals surface area contributed by atoms with Crippen LogP contribution in [0.5, 0.6) is 0 Å². The van der Waals surface area contributed by atoms with Crippen molar-refractivity contribution < 1.29 is 4.79 Å². The number of thiophene rings is 1. The smallest absolute Gasteiger partial charge is 0.254 e. The second kappa shape index (κ2) is 8.12. The number of fused-ring (bicyclic) bond motifs is 1.